The molecule has 2 rings (SSSR count). The largest absolute Gasteiger partial charge is 0.445 e. The minimum absolute atomic E-state index is 0.258. The van der Waals surface area contributed by atoms with E-state index in [4.69, 9.17) is 10.00 Å². The zero-order chi connectivity index (χ0) is 12.8. The van der Waals surface area contributed by atoms with Gasteiger partial charge in [-0.25, -0.2) is 4.79 Å². The molecule has 1 aromatic rings. The third-order valence-electron chi connectivity index (χ3n) is 3.09. The van der Waals surface area contributed by atoms with Crippen LogP contribution >= 0.6 is 0 Å². The van der Waals surface area contributed by atoms with Gasteiger partial charge in [0.05, 0.1) is 6.07 Å². The highest BCUT2D eigenvalue weighted by Gasteiger charge is 2.27. The van der Waals surface area contributed by atoms with E-state index in [1.807, 2.05) is 30.3 Å². The molecule has 1 amide bonds. The normalized spacial score (nSPS) is 19.1. The fourth-order valence-electron chi connectivity index (χ4n) is 2.09. The average Bonchev–Trinajstić information content (AvgIpc) is 2.45. The monoisotopic (exact) mass is 244 g/mol. The number of ether oxygens (including phenoxy) is 1. The molecule has 18 heavy (non-hydrogen) atoms. The van der Waals surface area contributed by atoms with Crippen molar-refractivity contribution in [2.45, 2.75) is 31.9 Å². The molecular formula is C14H16N2O2. The minimum Gasteiger partial charge on any atom is -0.445 e. The first-order valence-corrected chi connectivity index (χ1v) is 6.18. The summed E-state index contributed by atoms with van der Waals surface area (Å²) in [6, 6.07) is 11.4. The Morgan fingerprint density at radius 1 is 1.39 bits per heavy atom. The average molecular weight is 244 g/mol. The maximum absolute atomic E-state index is 11.9. The standard InChI is InChI=1S/C14H16N2O2/c15-10-13-8-4-5-9-16(13)14(17)18-11-12-6-2-1-3-7-12/h1-3,6-7,13H,4-5,8-9,11H2/t13-/m1/s1. The van der Waals surface area contributed by atoms with Crippen LogP contribution in [0, 0.1) is 11.3 Å². The van der Waals surface area contributed by atoms with Gasteiger partial charge in [0, 0.05) is 6.54 Å². The van der Waals surface area contributed by atoms with Crippen molar-refractivity contribution in [2.75, 3.05) is 6.54 Å². The van der Waals surface area contributed by atoms with Crippen molar-refractivity contribution in [3.63, 3.8) is 0 Å². The predicted octanol–water partition coefficient (Wildman–Crippen LogP) is 2.70. The van der Waals surface area contributed by atoms with Crippen molar-refractivity contribution in [3.8, 4) is 6.07 Å². The Hall–Kier alpha value is -2.02. The number of amides is 1. The third-order valence-corrected chi connectivity index (χ3v) is 3.09. The number of hydrogen-bond acceptors (Lipinski definition) is 3. The fraction of sp³-hybridized carbons (Fsp3) is 0.429. The van der Waals surface area contributed by atoms with Crippen LogP contribution in [0.4, 0.5) is 4.79 Å². The Labute approximate surface area is 107 Å². The second-order valence-electron chi connectivity index (χ2n) is 4.37. The summed E-state index contributed by atoms with van der Waals surface area (Å²) in [5.74, 6) is 0. The summed E-state index contributed by atoms with van der Waals surface area (Å²) in [7, 11) is 0. The lowest BCUT2D eigenvalue weighted by Crippen LogP contribution is -2.43. The van der Waals surface area contributed by atoms with Gasteiger partial charge in [-0.05, 0) is 24.8 Å². The van der Waals surface area contributed by atoms with Crippen molar-refractivity contribution in [1.82, 2.24) is 4.90 Å². The van der Waals surface area contributed by atoms with Crippen molar-refractivity contribution in [3.05, 3.63) is 35.9 Å². The van der Waals surface area contributed by atoms with E-state index in [1.54, 1.807) is 0 Å². The van der Waals surface area contributed by atoms with Crippen LogP contribution in [0.2, 0.25) is 0 Å². The zero-order valence-electron chi connectivity index (χ0n) is 10.2. The van der Waals surface area contributed by atoms with Crippen LogP contribution in [-0.4, -0.2) is 23.6 Å². The molecule has 1 aromatic carbocycles. The first-order valence-electron chi connectivity index (χ1n) is 6.18. The smallest absolute Gasteiger partial charge is 0.411 e. The summed E-state index contributed by atoms with van der Waals surface area (Å²) in [5, 5.41) is 9.00. The summed E-state index contributed by atoms with van der Waals surface area (Å²) in [6.07, 6.45) is 2.31. The first-order chi connectivity index (χ1) is 8.81. The molecule has 1 atom stereocenters. The second kappa shape index (κ2) is 6.06. The van der Waals surface area contributed by atoms with E-state index in [0.717, 1.165) is 24.8 Å². The van der Waals surface area contributed by atoms with Gasteiger partial charge in [0.2, 0.25) is 0 Å². The topological polar surface area (TPSA) is 53.3 Å². The van der Waals surface area contributed by atoms with Crippen LogP contribution in [0.25, 0.3) is 0 Å². The molecule has 1 aliphatic heterocycles. The summed E-state index contributed by atoms with van der Waals surface area (Å²) >= 11 is 0. The second-order valence-corrected chi connectivity index (χ2v) is 4.37. The Morgan fingerprint density at radius 2 is 2.17 bits per heavy atom. The lowest BCUT2D eigenvalue weighted by molar-refractivity contribution is 0.0788. The molecule has 0 N–H and O–H groups in total. The van der Waals surface area contributed by atoms with E-state index in [-0.39, 0.29) is 18.7 Å². The fourth-order valence-corrected chi connectivity index (χ4v) is 2.09. The first kappa shape index (κ1) is 12.4. The van der Waals surface area contributed by atoms with Crippen LogP contribution in [0.15, 0.2) is 30.3 Å². The van der Waals surface area contributed by atoms with E-state index < -0.39 is 0 Å². The van der Waals surface area contributed by atoms with Crippen LogP contribution < -0.4 is 0 Å². The SMILES string of the molecule is N#C[C@H]1CCCCN1C(=O)OCc1ccccc1. The Bertz CT molecular complexity index is 439. The van der Waals surface area contributed by atoms with Gasteiger partial charge in [0.1, 0.15) is 12.6 Å². The van der Waals surface area contributed by atoms with E-state index >= 15 is 0 Å². The Balaban J connectivity index is 1.89. The molecule has 4 nitrogen and oxygen atoms in total. The van der Waals surface area contributed by atoms with Crippen LogP contribution in [0.3, 0.4) is 0 Å². The van der Waals surface area contributed by atoms with Gasteiger partial charge < -0.3 is 4.74 Å². The number of benzene rings is 1. The molecule has 0 bridgehead atoms. The number of rotatable bonds is 2. The summed E-state index contributed by atoms with van der Waals surface area (Å²) in [6.45, 7) is 0.875. The minimum atomic E-state index is -0.384. The molecule has 94 valence electrons. The molecule has 0 saturated carbocycles. The zero-order valence-corrected chi connectivity index (χ0v) is 10.2. The molecule has 0 aromatic heterocycles. The maximum Gasteiger partial charge on any atom is 0.411 e. The molecule has 0 unspecified atom stereocenters. The van der Waals surface area contributed by atoms with E-state index in [9.17, 15) is 4.79 Å². The molecule has 1 aliphatic rings. The molecule has 1 fully saturated rings. The summed E-state index contributed by atoms with van der Waals surface area (Å²) in [5.41, 5.74) is 0.955. The predicted molar refractivity (Wildman–Crippen MR) is 66.6 cm³/mol. The highest BCUT2D eigenvalue weighted by Crippen LogP contribution is 2.17. The number of likely N-dealkylation sites (tertiary alicyclic amines) is 1. The number of carbonyl (C=O) groups is 1. The van der Waals surface area contributed by atoms with Gasteiger partial charge in [-0.3, -0.25) is 4.90 Å². The summed E-state index contributed by atoms with van der Waals surface area (Å²) in [4.78, 5) is 13.4. The van der Waals surface area contributed by atoms with Gasteiger partial charge in [0.25, 0.3) is 0 Å². The highest BCUT2D eigenvalue weighted by atomic mass is 16.6. The number of nitrogens with zero attached hydrogens (tertiary/aromatic N) is 2. The van der Waals surface area contributed by atoms with Crippen LogP contribution in [-0.2, 0) is 11.3 Å². The van der Waals surface area contributed by atoms with Crippen LogP contribution in [0.1, 0.15) is 24.8 Å². The van der Waals surface area contributed by atoms with Crippen LogP contribution in [0.5, 0.6) is 0 Å². The van der Waals surface area contributed by atoms with Crippen molar-refractivity contribution >= 4 is 6.09 Å². The number of piperidine rings is 1. The molecule has 1 saturated heterocycles. The van der Waals surface area contributed by atoms with E-state index in [0.29, 0.717) is 6.54 Å². The Kier molecular flexibility index (Phi) is 4.19. The Morgan fingerprint density at radius 3 is 2.89 bits per heavy atom. The molecule has 4 heteroatoms. The lowest BCUT2D eigenvalue weighted by Gasteiger charge is -2.30. The summed E-state index contributed by atoms with van der Waals surface area (Å²) < 4.78 is 5.24. The number of carbonyl (C=O) groups excluding carboxylic acids is 1. The van der Waals surface area contributed by atoms with Gasteiger partial charge >= 0.3 is 6.09 Å². The maximum atomic E-state index is 11.9. The van der Waals surface area contributed by atoms with Gasteiger partial charge in [-0.15, -0.1) is 0 Å². The molecular weight excluding hydrogens is 228 g/mol. The van der Waals surface area contributed by atoms with E-state index in [2.05, 4.69) is 6.07 Å². The van der Waals surface area contributed by atoms with Gasteiger partial charge in [-0.1, -0.05) is 30.3 Å². The van der Waals surface area contributed by atoms with Crippen molar-refractivity contribution in [2.24, 2.45) is 0 Å². The van der Waals surface area contributed by atoms with E-state index in [1.165, 1.54) is 4.90 Å². The molecule has 0 aliphatic carbocycles. The highest BCUT2D eigenvalue weighted by molar-refractivity contribution is 5.68. The molecule has 0 spiro atoms. The molecule has 1 heterocycles. The van der Waals surface area contributed by atoms with Gasteiger partial charge in [-0.2, -0.15) is 5.26 Å². The third kappa shape index (κ3) is 3.01. The quantitative estimate of drug-likeness (QED) is 0.803. The van der Waals surface area contributed by atoms with Crippen molar-refractivity contribution in [1.29, 1.82) is 5.26 Å². The van der Waals surface area contributed by atoms with Gasteiger partial charge in [0.15, 0.2) is 0 Å². The van der Waals surface area contributed by atoms with Crippen molar-refractivity contribution < 1.29 is 9.53 Å². The lowest BCUT2D eigenvalue weighted by atomic mass is 10.0. The molecule has 0 radical (unpaired) electrons. The number of nitriles is 1. The number of hydrogen-bond donors (Lipinski definition) is 0.